The highest BCUT2D eigenvalue weighted by Gasteiger charge is 2.22. The summed E-state index contributed by atoms with van der Waals surface area (Å²) in [6.07, 6.45) is 8.79. The van der Waals surface area contributed by atoms with Crippen LogP contribution in [0.4, 0.5) is 0 Å². The van der Waals surface area contributed by atoms with Crippen molar-refractivity contribution in [2.75, 3.05) is 0 Å². The molecule has 0 amide bonds. The van der Waals surface area contributed by atoms with Crippen LogP contribution < -0.4 is 0 Å². The molecule has 0 saturated carbocycles. The van der Waals surface area contributed by atoms with E-state index in [4.69, 9.17) is 4.42 Å². The summed E-state index contributed by atoms with van der Waals surface area (Å²) in [5.74, 6) is 0. The standard InChI is InChI=1S/C52H32N4O.C52H32N4S/c1-5-13-46-38(9-1)39-10-2-6-14-47(39)55(46)36-24-20-35(21-25-36)54-29-27-33-17-26-45-42(52(33)54)28-30-53(45)34-18-22-37(23-19-34)56-48-15-7-3-11-40(48)43-31-44-41-12-4-8-16-50(41)57-51(44)32-49(43)56;1-5-13-46-38(9-1)39-10-2-6-14-47(39)55(46)36-22-18-34(19-23-36)53-30-28-42-45(53)26-17-33-27-29-54(52(33)42)35-20-24-37(25-21-35)56-48-15-7-3-11-40(48)43-32-51-44(31-49(43)56)41-12-4-8-16-50(41)57-51/h2*1-32H. The monoisotopic (exact) mass is 1470 g/mol. The van der Waals surface area contributed by atoms with Crippen molar-refractivity contribution in [3.8, 4) is 45.5 Å². The second-order valence-corrected chi connectivity index (χ2v) is 31.1. The molecule has 16 aromatic carbocycles. The highest BCUT2D eigenvalue weighted by Crippen LogP contribution is 2.44. The van der Waals surface area contributed by atoms with Gasteiger partial charge in [0.25, 0.3) is 0 Å². The first-order valence-electron chi connectivity index (χ1n) is 38.8. The summed E-state index contributed by atoms with van der Waals surface area (Å²) in [5, 5.41) is 19.9. The van der Waals surface area contributed by atoms with E-state index in [1.807, 2.05) is 23.5 Å². The van der Waals surface area contributed by atoms with Crippen molar-refractivity contribution in [1.82, 2.24) is 36.5 Å². The van der Waals surface area contributed by atoms with Crippen LogP contribution in [0.15, 0.2) is 393 Å². The fourth-order valence-electron chi connectivity index (χ4n) is 19.0. The fourth-order valence-corrected chi connectivity index (χ4v) is 20.1. The minimum atomic E-state index is 0.901. The van der Waals surface area contributed by atoms with Crippen LogP contribution in [-0.2, 0) is 0 Å². The van der Waals surface area contributed by atoms with Crippen molar-refractivity contribution >= 4 is 184 Å². The maximum atomic E-state index is 6.35. The van der Waals surface area contributed by atoms with E-state index in [0.29, 0.717) is 0 Å². The third-order valence-corrected chi connectivity index (χ3v) is 25.2. The zero-order valence-corrected chi connectivity index (χ0v) is 62.2. The van der Waals surface area contributed by atoms with Crippen molar-refractivity contribution < 1.29 is 4.42 Å². The van der Waals surface area contributed by atoms with Crippen LogP contribution >= 0.6 is 11.3 Å². The number of hydrogen-bond donors (Lipinski definition) is 0. The average Bonchev–Trinajstić information content (AvgIpc) is 1.56. The number of hydrogen-bond acceptors (Lipinski definition) is 2. The highest BCUT2D eigenvalue weighted by molar-refractivity contribution is 7.25. The van der Waals surface area contributed by atoms with Crippen molar-refractivity contribution in [2.45, 2.75) is 0 Å². The maximum Gasteiger partial charge on any atom is 0.137 e. The van der Waals surface area contributed by atoms with Crippen LogP contribution in [0.25, 0.3) is 218 Å². The Hall–Kier alpha value is -15.1. The first kappa shape index (κ1) is 62.8. The van der Waals surface area contributed by atoms with E-state index in [1.54, 1.807) is 0 Å². The summed E-state index contributed by atoms with van der Waals surface area (Å²) in [6.45, 7) is 0. The lowest BCUT2D eigenvalue weighted by Gasteiger charge is -2.12. The summed E-state index contributed by atoms with van der Waals surface area (Å²) in [4.78, 5) is 0. The number of rotatable bonds is 8. The van der Waals surface area contributed by atoms with E-state index < -0.39 is 0 Å². The Morgan fingerprint density at radius 3 is 0.947 bits per heavy atom. The minimum Gasteiger partial charge on any atom is -0.456 e. The van der Waals surface area contributed by atoms with Crippen molar-refractivity contribution in [3.63, 3.8) is 0 Å². The van der Waals surface area contributed by atoms with Crippen molar-refractivity contribution in [1.29, 1.82) is 0 Å². The van der Waals surface area contributed by atoms with Gasteiger partial charge in [0.2, 0.25) is 0 Å². The van der Waals surface area contributed by atoms with Gasteiger partial charge in [0.05, 0.1) is 66.2 Å². The molecule has 0 aliphatic carbocycles. The zero-order chi connectivity index (χ0) is 74.4. The van der Waals surface area contributed by atoms with Crippen molar-refractivity contribution in [2.24, 2.45) is 0 Å². The number of nitrogens with zero attached hydrogens (tertiary/aromatic N) is 8. The Morgan fingerprint density at radius 2 is 0.509 bits per heavy atom. The maximum absolute atomic E-state index is 6.35. The number of furan rings is 1. The molecule has 532 valence electrons. The van der Waals surface area contributed by atoms with E-state index in [0.717, 1.165) is 73.0 Å². The molecule has 0 radical (unpaired) electrons. The van der Waals surface area contributed by atoms with Gasteiger partial charge < -0.3 is 41.0 Å². The molecule has 0 spiro atoms. The Bertz CT molecular complexity index is 8360. The molecule has 10 heterocycles. The lowest BCUT2D eigenvalue weighted by Crippen LogP contribution is -1.97. The van der Waals surface area contributed by atoms with Crippen LogP contribution in [-0.4, -0.2) is 36.5 Å². The van der Waals surface area contributed by atoms with Gasteiger partial charge in [-0.25, -0.2) is 0 Å². The molecule has 0 unspecified atom stereocenters. The second kappa shape index (κ2) is 24.2. The highest BCUT2D eigenvalue weighted by atomic mass is 32.1. The van der Waals surface area contributed by atoms with Crippen LogP contribution in [0.1, 0.15) is 0 Å². The van der Waals surface area contributed by atoms with E-state index in [2.05, 4.69) is 413 Å². The molecule has 0 aliphatic rings. The van der Waals surface area contributed by atoms with Gasteiger partial charge in [0.1, 0.15) is 11.2 Å². The van der Waals surface area contributed by atoms with Gasteiger partial charge in [-0.05, 0) is 200 Å². The Balaban J connectivity index is 0.000000129. The molecule has 9 nitrogen and oxygen atoms in total. The molecular weight excluding hydrogens is 1410 g/mol. The van der Waals surface area contributed by atoms with Gasteiger partial charge in [-0.3, -0.25) is 0 Å². The molecule has 26 aromatic rings. The average molecular weight is 1470 g/mol. The van der Waals surface area contributed by atoms with Gasteiger partial charge in [0, 0.05) is 172 Å². The molecule has 10 aromatic heterocycles. The number of thiophene rings is 1. The first-order chi connectivity index (χ1) is 56.5. The van der Waals surface area contributed by atoms with Crippen LogP contribution in [0, 0.1) is 0 Å². The quantitative estimate of drug-likeness (QED) is 0.150. The predicted molar refractivity (Wildman–Crippen MR) is 478 cm³/mol. The van der Waals surface area contributed by atoms with E-state index >= 15 is 0 Å². The second-order valence-electron chi connectivity index (χ2n) is 30.1. The fraction of sp³-hybridized carbons (Fsp3) is 0. The zero-order valence-electron chi connectivity index (χ0n) is 61.3. The predicted octanol–water partition coefficient (Wildman–Crippen LogP) is 27.8. The lowest BCUT2D eigenvalue weighted by atomic mass is 10.1. The molecule has 10 heteroatoms. The van der Waals surface area contributed by atoms with E-state index in [1.165, 1.54) is 145 Å². The summed E-state index contributed by atoms with van der Waals surface area (Å²) in [5.41, 5.74) is 25.3. The summed E-state index contributed by atoms with van der Waals surface area (Å²) < 4.78 is 27.8. The Kier molecular flexibility index (Phi) is 13.3. The van der Waals surface area contributed by atoms with Crippen LogP contribution in [0.3, 0.4) is 0 Å². The molecule has 26 rings (SSSR count). The summed E-state index contributed by atoms with van der Waals surface area (Å²) in [6, 6.07) is 132. The summed E-state index contributed by atoms with van der Waals surface area (Å²) in [7, 11) is 0. The topological polar surface area (TPSA) is 52.6 Å². The molecule has 0 atom stereocenters. The van der Waals surface area contributed by atoms with E-state index in [9.17, 15) is 0 Å². The third kappa shape index (κ3) is 9.22. The smallest absolute Gasteiger partial charge is 0.137 e. The molecule has 0 saturated heterocycles. The van der Waals surface area contributed by atoms with Gasteiger partial charge in [-0.2, -0.15) is 0 Å². The molecular formula is C104H64N8OS. The number of fused-ring (bicyclic) bond motifs is 24. The lowest BCUT2D eigenvalue weighted by molar-refractivity contribution is 0.669. The summed E-state index contributed by atoms with van der Waals surface area (Å²) >= 11 is 1.88. The number of aromatic nitrogens is 8. The Morgan fingerprint density at radius 1 is 0.175 bits per heavy atom. The Labute approximate surface area is 655 Å². The first-order valence-corrected chi connectivity index (χ1v) is 39.7. The molecule has 0 fully saturated rings. The van der Waals surface area contributed by atoms with Gasteiger partial charge in [0.15, 0.2) is 0 Å². The van der Waals surface area contributed by atoms with Gasteiger partial charge >= 0.3 is 0 Å². The van der Waals surface area contributed by atoms with Crippen LogP contribution in [0.2, 0.25) is 0 Å². The van der Waals surface area contributed by atoms with E-state index in [-0.39, 0.29) is 0 Å². The van der Waals surface area contributed by atoms with Gasteiger partial charge in [-0.15, -0.1) is 11.3 Å². The molecule has 0 N–H and O–H groups in total. The van der Waals surface area contributed by atoms with Crippen LogP contribution in [0.5, 0.6) is 0 Å². The number of para-hydroxylation sites is 7. The van der Waals surface area contributed by atoms with Gasteiger partial charge in [-0.1, -0.05) is 158 Å². The molecule has 114 heavy (non-hydrogen) atoms. The third-order valence-electron chi connectivity index (χ3n) is 24.1. The normalized spacial score (nSPS) is 12.2. The molecule has 0 aliphatic heterocycles. The minimum absolute atomic E-state index is 0.901. The SMILES string of the molecule is c1ccc2c(c1)oc1cc3c(cc12)c1ccccc1n3-c1ccc(-n2ccc3c2ccc2ccn(-c4ccc(-n5c6ccccc6c6ccccc65)cc4)c23)cc1.c1ccc2c(c1)sc1cc3c4ccccc4n(-c4ccc(-n5ccc6ccc7c(ccn7-c7ccc(-n8c9ccccc9c9ccccc98)cc7)c65)cc4)c3cc12. The number of benzene rings is 16. The molecule has 0 bridgehead atoms. The van der Waals surface area contributed by atoms with Crippen molar-refractivity contribution in [3.05, 3.63) is 389 Å². The largest absolute Gasteiger partial charge is 0.456 e.